The molecule has 4 atom stereocenters. The topological polar surface area (TPSA) is 140 Å². The molecule has 11 nitrogen and oxygen atoms in total. The molecule has 1 fully saturated rings. The Balaban J connectivity index is 1.25. The minimum Gasteiger partial charge on any atom is -0.432 e. The van der Waals surface area contributed by atoms with Crippen molar-refractivity contribution in [3.63, 3.8) is 0 Å². The fraction of sp³-hybridized carbons (Fsp3) is 0.256. The number of benzene rings is 4. The van der Waals surface area contributed by atoms with Gasteiger partial charge in [-0.1, -0.05) is 55.5 Å². The van der Waals surface area contributed by atoms with E-state index in [1.165, 1.54) is 9.36 Å². The molecule has 4 heterocycles. The normalized spacial score (nSPS) is 21.6. The summed E-state index contributed by atoms with van der Waals surface area (Å²) in [5.41, 5.74) is 0.582. The zero-order valence-electron chi connectivity index (χ0n) is 28.4. The molecular formula is C39H37N5O6Si. The third kappa shape index (κ3) is 5.17. The lowest BCUT2D eigenvalue weighted by molar-refractivity contribution is -0.146. The minimum atomic E-state index is -2.93. The van der Waals surface area contributed by atoms with Gasteiger partial charge in [0.15, 0.2) is 13.9 Å². The molecule has 0 bridgehead atoms. The third-order valence-corrected chi connectivity index (χ3v) is 13.0. The maximum absolute atomic E-state index is 15.0. The van der Waals surface area contributed by atoms with Crippen LogP contribution in [0.4, 0.5) is 5.69 Å². The Bertz CT molecular complexity index is 2470. The van der Waals surface area contributed by atoms with E-state index in [-0.39, 0.29) is 42.1 Å². The number of aliphatic hydroxyl groups excluding tert-OH is 1. The minimum absolute atomic E-state index is 0.155. The largest absolute Gasteiger partial charge is 0.432 e. The van der Waals surface area contributed by atoms with Crippen LogP contribution in [0.3, 0.4) is 0 Å². The second kappa shape index (κ2) is 12.2. The highest BCUT2D eigenvalue weighted by atomic mass is 28.4. The van der Waals surface area contributed by atoms with Gasteiger partial charge in [0, 0.05) is 34.4 Å². The molecule has 1 spiro atoms. The van der Waals surface area contributed by atoms with Crippen molar-refractivity contribution in [1.29, 1.82) is 0 Å². The van der Waals surface area contributed by atoms with Crippen molar-refractivity contribution in [1.82, 2.24) is 19.6 Å². The van der Waals surface area contributed by atoms with E-state index in [2.05, 4.69) is 10.2 Å². The van der Waals surface area contributed by atoms with E-state index >= 15 is 0 Å². The van der Waals surface area contributed by atoms with Crippen molar-refractivity contribution in [2.75, 3.05) is 11.5 Å². The monoisotopic (exact) mass is 699 g/mol. The number of fused-ring (bicyclic) bond motifs is 4. The van der Waals surface area contributed by atoms with E-state index in [0.29, 0.717) is 33.4 Å². The van der Waals surface area contributed by atoms with Gasteiger partial charge in [0.1, 0.15) is 0 Å². The molecular weight excluding hydrogens is 663 g/mol. The molecule has 12 heteroatoms. The third-order valence-electron chi connectivity index (χ3n) is 10.5. The van der Waals surface area contributed by atoms with E-state index < -0.39 is 25.9 Å². The van der Waals surface area contributed by atoms with E-state index in [9.17, 15) is 24.3 Å². The lowest BCUT2D eigenvalue weighted by Gasteiger charge is -2.32. The summed E-state index contributed by atoms with van der Waals surface area (Å²) in [5.74, 6) is -0.753. The molecule has 2 aliphatic rings. The Hall–Kier alpha value is -5.27. The standard InChI is InChI=1S/C39H37N5O6Si/c1-24-35(51(2,3)49)34(17-18-45)50-39(24)32-20-29(44-37(47)31-14-7-5-11-27(31)22-41-44)15-16-33(32)42(38(39)48)23-25-9-8-12-28(19-25)43-36(46)30-13-6-4-10-26(30)21-40-43/h4-16,19-22,24,34-35,45,49H,17-18,23H2,1-3H3/t24-,34+,35-,39+/m1/s1. The number of nitrogens with zero attached hydrogens (tertiary/aromatic N) is 5. The molecule has 1 saturated heterocycles. The zero-order chi connectivity index (χ0) is 35.7. The van der Waals surface area contributed by atoms with Crippen LogP contribution in [0.25, 0.3) is 32.9 Å². The Morgan fingerprint density at radius 1 is 0.804 bits per heavy atom. The van der Waals surface area contributed by atoms with Crippen molar-refractivity contribution in [2.24, 2.45) is 5.92 Å². The van der Waals surface area contributed by atoms with Crippen molar-refractivity contribution in [2.45, 2.75) is 50.2 Å². The highest BCUT2D eigenvalue weighted by Crippen LogP contribution is 2.60. The van der Waals surface area contributed by atoms with Gasteiger partial charge in [0.05, 0.1) is 52.9 Å². The van der Waals surface area contributed by atoms with Gasteiger partial charge in [-0.3, -0.25) is 14.4 Å². The molecule has 6 aromatic rings. The van der Waals surface area contributed by atoms with Crippen molar-refractivity contribution in [3.05, 3.63) is 135 Å². The Kier molecular flexibility index (Phi) is 7.87. The number of hydrogen-bond donors (Lipinski definition) is 2. The predicted octanol–water partition coefficient (Wildman–Crippen LogP) is 4.81. The summed E-state index contributed by atoms with van der Waals surface area (Å²) >= 11 is 0. The smallest absolute Gasteiger partial charge is 0.279 e. The van der Waals surface area contributed by atoms with E-state index in [1.807, 2.05) is 74.6 Å². The average Bonchev–Trinajstić information content (AvgIpc) is 3.55. The molecule has 0 saturated carbocycles. The van der Waals surface area contributed by atoms with Crippen LogP contribution in [-0.4, -0.2) is 56.4 Å². The van der Waals surface area contributed by atoms with Gasteiger partial charge in [0.2, 0.25) is 0 Å². The molecule has 2 aliphatic heterocycles. The van der Waals surface area contributed by atoms with Crippen LogP contribution in [-0.2, 0) is 21.7 Å². The van der Waals surface area contributed by atoms with E-state index in [1.54, 1.807) is 53.7 Å². The number of anilines is 1. The van der Waals surface area contributed by atoms with Crippen LogP contribution in [0.5, 0.6) is 0 Å². The Labute approximate surface area is 294 Å². The van der Waals surface area contributed by atoms with Crippen LogP contribution < -0.4 is 16.0 Å². The number of carbonyl (C=O) groups excluding carboxylic acids is 1. The van der Waals surface area contributed by atoms with Crippen LogP contribution in [0.15, 0.2) is 113 Å². The van der Waals surface area contributed by atoms with Gasteiger partial charge < -0.3 is 19.5 Å². The van der Waals surface area contributed by atoms with E-state index in [0.717, 1.165) is 16.3 Å². The Morgan fingerprint density at radius 3 is 2.02 bits per heavy atom. The number of amides is 1. The van der Waals surface area contributed by atoms with Crippen LogP contribution in [0, 0.1) is 5.92 Å². The van der Waals surface area contributed by atoms with Gasteiger partial charge in [-0.05, 0) is 67.5 Å². The molecule has 4 aromatic carbocycles. The molecule has 2 N–H and O–H groups in total. The molecule has 2 aromatic heterocycles. The number of carbonyl (C=O) groups is 1. The summed E-state index contributed by atoms with van der Waals surface area (Å²) in [5, 5.41) is 21.5. The van der Waals surface area contributed by atoms with Crippen molar-refractivity contribution >= 4 is 41.5 Å². The lowest BCUT2D eigenvalue weighted by Crippen LogP contribution is -2.46. The molecule has 1 amide bonds. The van der Waals surface area contributed by atoms with Crippen LogP contribution in [0.2, 0.25) is 18.6 Å². The van der Waals surface area contributed by atoms with E-state index in [4.69, 9.17) is 4.74 Å². The molecule has 8 rings (SSSR count). The Morgan fingerprint density at radius 2 is 1.41 bits per heavy atom. The van der Waals surface area contributed by atoms with Gasteiger partial charge in [-0.2, -0.15) is 19.6 Å². The molecule has 0 aliphatic carbocycles. The summed E-state index contributed by atoms with van der Waals surface area (Å²) in [6, 6.07) is 27.3. The first-order valence-electron chi connectivity index (χ1n) is 17.0. The summed E-state index contributed by atoms with van der Waals surface area (Å²) in [7, 11) is -2.93. The molecule has 51 heavy (non-hydrogen) atoms. The fourth-order valence-electron chi connectivity index (χ4n) is 8.27. The van der Waals surface area contributed by atoms with Crippen molar-refractivity contribution < 1.29 is 19.4 Å². The first kappa shape index (κ1) is 32.9. The number of aliphatic hydroxyl groups is 1. The second-order valence-corrected chi connectivity index (χ2v) is 18.0. The summed E-state index contributed by atoms with van der Waals surface area (Å²) in [6.45, 7) is 5.60. The summed E-state index contributed by atoms with van der Waals surface area (Å²) in [6.07, 6.45) is 3.00. The molecule has 0 radical (unpaired) electrons. The number of aromatic nitrogens is 4. The highest BCUT2D eigenvalue weighted by Gasteiger charge is 2.66. The number of hydrogen-bond acceptors (Lipinski definition) is 8. The lowest BCUT2D eigenvalue weighted by atomic mass is 9.82. The quantitative estimate of drug-likeness (QED) is 0.227. The van der Waals surface area contributed by atoms with Gasteiger partial charge in [-0.25, -0.2) is 0 Å². The number of ether oxygens (including phenoxy) is 1. The average molecular weight is 700 g/mol. The fourth-order valence-corrected chi connectivity index (χ4v) is 10.9. The highest BCUT2D eigenvalue weighted by molar-refractivity contribution is 6.71. The maximum atomic E-state index is 15.0. The first-order valence-corrected chi connectivity index (χ1v) is 20.1. The van der Waals surface area contributed by atoms with Crippen LogP contribution >= 0.6 is 0 Å². The van der Waals surface area contributed by atoms with Gasteiger partial charge >= 0.3 is 0 Å². The van der Waals surface area contributed by atoms with Gasteiger partial charge in [0.25, 0.3) is 17.0 Å². The second-order valence-electron chi connectivity index (χ2n) is 14.0. The molecule has 258 valence electrons. The van der Waals surface area contributed by atoms with Crippen molar-refractivity contribution in [3.8, 4) is 11.4 Å². The van der Waals surface area contributed by atoms with Crippen LogP contribution in [0.1, 0.15) is 24.5 Å². The van der Waals surface area contributed by atoms with Gasteiger partial charge in [-0.15, -0.1) is 0 Å². The summed E-state index contributed by atoms with van der Waals surface area (Å²) in [4.78, 5) is 55.2. The maximum Gasteiger partial charge on any atom is 0.279 e. The summed E-state index contributed by atoms with van der Waals surface area (Å²) < 4.78 is 9.49. The number of rotatable bonds is 7. The first-order chi connectivity index (χ1) is 24.5. The molecule has 0 unspecified atom stereocenters. The zero-order valence-corrected chi connectivity index (χ0v) is 29.4. The SMILES string of the molecule is C[C@@H]1[C@@H]([Si](C)(C)O)[C@H](CCO)O[C@@]12C(=O)N(Cc1cccc(-n3ncc4ccccc4c3=O)c1)c1ccc(-n3ncc4ccccc4c3=O)cc12. The predicted molar refractivity (Wildman–Crippen MR) is 197 cm³/mol.